The number of nitrogens with one attached hydrogen (secondary N) is 1. The zero-order chi connectivity index (χ0) is 46.5. The first kappa shape index (κ1) is 50.1. The van der Waals surface area contributed by atoms with Gasteiger partial charge in [0.05, 0.1) is 23.4 Å². The molecule has 0 unspecified atom stereocenters. The van der Waals surface area contributed by atoms with Crippen molar-refractivity contribution in [2.45, 2.75) is 208 Å². The third-order valence-electron chi connectivity index (χ3n) is 16.9. The Bertz CT molecular complexity index is 1880. The molecule has 0 bridgehead atoms. The summed E-state index contributed by atoms with van der Waals surface area (Å²) in [6.07, 6.45) is 3.74. The van der Waals surface area contributed by atoms with E-state index in [-0.39, 0.29) is 52.7 Å². The van der Waals surface area contributed by atoms with Crippen LogP contribution in [0.4, 0.5) is 10.5 Å². The summed E-state index contributed by atoms with van der Waals surface area (Å²) in [4.78, 5) is 29.2. The van der Waals surface area contributed by atoms with Crippen LogP contribution in [-0.2, 0) is 29.5 Å². The first-order chi connectivity index (χ1) is 27.4. The summed E-state index contributed by atoms with van der Waals surface area (Å²) < 4.78 is 26.9. The van der Waals surface area contributed by atoms with E-state index in [2.05, 4.69) is 99.9 Å². The Morgan fingerprint density at radius 3 is 2.00 bits per heavy atom. The molecule has 3 N–H and O–H groups in total. The lowest BCUT2D eigenvalue weighted by atomic mass is 9.39. The van der Waals surface area contributed by atoms with Crippen LogP contribution < -0.4 is 5.32 Å². The van der Waals surface area contributed by atoms with E-state index in [9.17, 15) is 15.0 Å². The number of fused-ring (bicyclic) bond motifs is 4. The molecule has 3 aliphatic carbocycles. The van der Waals surface area contributed by atoms with Gasteiger partial charge in [0.15, 0.2) is 16.6 Å². The molecule has 9 nitrogen and oxygen atoms in total. The van der Waals surface area contributed by atoms with E-state index in [1.165, 1.54) is 0 Å². The number of hydrogen-bond acceptors (Lipinski definition) is 8. The number of amides is 1. The predicted octanol–water partition coefficient (Wildman–Crippen LogP) is 12.0. The van der Waals surface area contributed by atoms with E-state index < -0.39 is 61.9 Å². The average molecular weight is 884 g/mol. The van der Waals surface area contributed by atoms with Gasteiger partial charge in [0.2, 0.25) is 0 Å². The molecular formula is C50H85NO8Si2. The number of benzene rings is 1. The molecule has 1 aromatic carbocycles. The van der Waals surface area contributed by atoms with Crippen molar-refractivity contribution in [3.63, 3.8) is 0 Å². The summed E-state index contributed by atoms with van der Waals surface area (Å²) in [5.74, 6) is -0.469. The number of aliphatic hydroxyl groups is 2. The van der Waals surface area contributed by atoms with Crippen LogP contribution in [0.3, 0.4) is 0 Å². The van der Waals surface area contributed by atoms with Gasteiger partial charge in [0, 0.05) is 42.1 Å². The predicted molar refractivity (Wildman–Crippen MR) is 253 cm³/mol. The van der Waals surface area contributed by atoms with E-state index in [0.29, 0.717) is 29.8 Å². The normalized spacial score (nSPS) is 32.6. The largest absolute Gasteiger partial charge is 0.444 e. The second-order valence-corrected chi connectivity index (χ2v) is 34.8. The molecule has 346 valence electrons. The lowest BCUT2D eigenvalue weighted by Gasteiger charge is -2.66. The minimum absolute atomic E-state index is 0.0249. The molecule has 1 amide bonds. The fourth-order valence-electron chi connectivity index (χ4n) is 11.3. The maximum Gasteiger partial charge on any atom is 0.412 e. The first-order valence-electron chi connectivity index (χ1n) is 23.1. The smallest absolute Gasteiger partial charge is 0.412 e. The van der Waals surface area contributed by atoms with E-state index in [1.807, 2.05) is 60.6 Å². The molecule has 1 aromatic rings. The number of carbonyl (C=O) groups is 2. The number of rotatable bonds is 10. The number of carbonyl (C=O) groups excluding carboxylic acids is 2. The van der Waals surface area contributed by atoms with Crippen LogP contribution in [0.5, 0.6) is 0 Å². The van der Waals surface area contributed by atoms with Crippen LogP contribution in [0.1, 0.15) is 159 Å². The quantitative estimate of drug-likeness (QED) is 0.199. The Labute approximate surface area is 372 Å². The second kappa shape index (κ2) is 15.9. The van der Waals surface area contributed by atoms with E-state index in [1.54, 1.807) is 0 Å². The van der Waals surface area contributed by atoms with Gasteiger partial charge in [-0.3, -0.25) is 10.1 Å². The number of anilines is 1. The third-order valence-corrected chi connectivity index (χ3v) is 25.9. The molecule has 2 saturated carbocycles. The molecule has 0 radical (unpaired) electrons. The first-order valence-corrected chi connectivity index (χ1v) is 28.9. The molecule has 2 fully saturated rings. The summed E-state index contributed by atoms with van der Waals surface area (Å²) in [5, 5.41) is 26.2. The minimum atomic E-state index is -2.21. The van der Waals surface area contributed by atoms with Crippen molar-refractivity contribution >= 4 is 39.8 Å². The van der Waals surface area contributed by atoms with E-state index in [0.717, 1.165) is 30.4 Å². The zero-order valence-corrected chi connectivity index (χ0v) is 43.9. The fraction of sp³-hybridized carbons (Fsp3) is 0.800. The van der Waals surface area contributed by atoms with Crippen molar-refractivity contribution in [3.8, 4) is 0 Å². The number of Topliss-reactive ketones (excluding diaryl/α,β-unsaturated/α-hetero) is 1. The Morgan fingerprint density at radius 1 is 0.869 bits per heavy atom. The van der Waals surface area contributed by atoms with Gasteiger partial charge in [-0.15, -0.1) is 0 Å². The molecule has 1 heterocycles. The zero-order valence-electron chi connectivity index (χ0n) is 41.9. The molecule has 0 saturated heterocycles. The van der Waals surface area contributed by atoms with Gasteiger partial charge < -0.3 is 28.5 Å². The van der Waals surface area contributed by atoms with Crippen LogP contribution in [0.15, 0.2) is 18.2 Å². The highest BCUT2D eigenvalue weighted by molar-refractivity contribution is 6.74. The van der Waals surface area contributed by atoms with Gasteiger partial charge in [-0.25, -0.2) is 4.79 Å². The van der Waals surface area contributed by atoms with Crippen LogP contribution >= 0.6 is 0 Å². The van der Waals surface area contributed by atoms with Gasteiger partial charge >= 0.3 is 6.09 Å². The van der Waals surface area contributed by atoms with Gasteiger partial charge in [0.25, 0.3) is 0 Å². The lowest BCUT2D eigenvalue weighted by Crippen LogP contribution is -2.67. The number of ether oxygens (including phenoxy) is 2. The summed E-state index contributed by atoms with van der Waals surface area (Å²) in [5.41, 5.74) is -0.162. The summed E-state index contributed by atoms with van der Waals surface area (Å²) in [7, 11) is -4.38. The molecule has 11 heteroatoms. The molecule has 8 atom stereocenters. The number of hydrogen-bond donors (Lipinski definition) is 3. The number of aliphatic hydroxyl groups excluding tert-OH is 2. The minimum Gasteiger partial charge on any atom is -0.444 e. The molecule has 0 spiro atoms. The van der Waals surface area contributed by atoms with Crippen molar-refractivity contribution in [2.75, 3.05) is 18.5 Å². The molecule has 0 aromatic heterocycles. The van der Waals surface area contributed by atoms with E-state index in [4.69, 9.17) is 18.3 Å². The summed E-state index contributed by atoms with van der Waals surface area (Å²) in [6.45, 7) is 43.8. The maximum atomic E-state index is 15.8. The molecule has 4 aliphatic rings. The molecule has 1 aliphatic heterocycles. The van der Waals surface area contributed by atoms with E-state index >= 15 is 4.79 Å². The topological polar surface area (TPSA) is 124 Å². The Hall–Kier alpha value is -1.87. The molecule has 5 rings (SSSR count). The molecule has 61 heavy (non-hydrogen) atoms. The summed E-state index contributed by atoms with van der Waals surface area (Å²) in [6, 6.07) is 3.85. The average Bonchev–Trinajstić information content (AvgIpc) is 3.33. The third kappa shape index (κ3) is 9.07. The Kier molecular flexibility index (Phi) is 13.1. The van der Waals surface area contributed by atoms with Crippen molar-refractivity contribution in [2.24, 2.45) is 34.0 Å². The lowest BCUT2D eigenvalue weighted by molar-refractivity contribution is -0.204. The standard InChI is InChI=1S/C50H85NO8Si2/c1-43(2,3)57-42(55)51-36-27-34-33(35-28-46(10,11)59-47(12,13)40(35)41(34)54)25-31(36)26-38(53)50(16)32(29-52)21-22-37-48(14,30-56-60(17,18)44(4,5)6)39(23-24-49(37,50)15)58-61(19,20)45(7,8)9/h25,27-28,32,37,39-41,52,54H,21-24,26,29-30H2,1-20H3,(H,51,55)/t32-,37-,39-,40+,41+,48-,49-,50+/m0/s1. The Balaban J connectivity index is 1.64. The Morgan fingerprint density at radius 2 is 1.46 bits per heavy atom. The monoisotopic (exact) mass is 884 g/mol. The van der Waals surface area contributed by atoms with Crippen LogP contribution in [0.2, 0.25) is 36.3 Å². The van der Waals surface area contributed by atoms with Crippen molar-refractivity contribution in [1.29, 1.82) is 0 Å². The van der Waals surface area contributed by atoms with Gasteiger partial charge in [-0.1, -0.05) is 62.3 Å². The highest BCUT2D eigenvalue weighted by atomic mass is 28.4. The van der Waals surface area contributed by atoms with Crippen LogP contribution in [0.25, 0.3) is 5.57 Å². The highest BCUT2D eigenvalue weighted by Crippen LogP contribution is 2.68. The van der Waals surface area contributed by atoms with Gasteiger partial charge in [-0.05, 0) is 168 Å². The van der Waals surface area contributed by atoms with Gasteiger partial charge in [-0.2, -0.15) is 0 Å². The van der Waals surface area contributed by atoms with Crippen molar-refractivity contribution < 1.29 is 38.1 Å². The highest BCUT2D eigenvalue weighted by Gasteiger charge is 2.67. The van der Waals surface area contributed by atoms with Crippen molar-refractivity contribution in [1.82, 2.24) is 0 Å². The van der Waals surface area contributed by atoms with Crippen LogP contribution in [-0.4, -0.2) is 74.8 Å². The summed E-state index contributed by atoms with van der Waals surface area (Å²) >= 11 is 0. The molecular weight excluding hydrogens is 799 g/mol. The van der Waals surface area contributed by atoms with Crippen molar-refractivity contribution in [3.05, 3.63) is 34.9 Å². The number of ketones is 1. The second-order valence-electron chi connectivity index (χ2n) is 25.2. The van der Waals surface area contributed by atoms with Crippen LogP contribution in [0, 0.1) is 34.0 Å². The maximum absolute atomic E-state index is 15.8. The van der Waals surface area contributed by atoms with Gasteiger partial charge in [0.1, 0.15) is 11.4 Å². The SMILES string of the molecule is CC(C)(C)OC(=O)Nc1cc2c(cc1CC(=O)[C@@]1(C)[C@H](CO)CC[C@H]3[C@](C)(CO[Si](C)(C)C(C)(C)C)[C@@H](O[Si](C)(C)C(C)(C)C)CC[C@@]31C)C1=CC(C)(C)OC(C)(C)[C@H]1[C@@H]2O. The fourth-order valence-corrected chi connectivity index (χ4v) is 13.9.